The number of alkyl halides is 3. The van der Waals surface area contributed by atoms with E-state index in [1.165, 1.54) is 24.3 Å². The molecule has 0 spiro atoms. The molecule has 2 heterocycles. The van der Waals surface area contributed by atoms with E-state index in [1.54, 1.807) is 11.1 Å². The monoisotopic (exact) mass is 450 g/mol. The van der Waals surface area contributed by atoms with Gasteiger partial charge >= 0.3 is 6.36 Å². The van der Waals surface area contributed by atoms with Crippen molar-refractivity contribution in [2.24, 2.45) is 11.8 Å². The molecule has 172 valence electrons. The second-order valence-corrected chi connectivity index (χ2v) is 8.23. The molecule has 32 heavy (non-hydrogen) atoms. The fourth-order valence-electron chi connectivity index (χ4n) is 4.20. The lowest BCUT2D eigenvalue weighted by atomic mass is 9.73. The molecule has 1 aromatic carbocycles. The van der Waals surface area contributed by atoms with Gasteiger partial charge in [0.1, 0.15) is 23.0 Å². The van der Waals surface area contributed by atoms with Gasteiger partial charge in [0.15, 0.2) is 5.82 Å². The Kier molecular flexibility index (Phi) is 6.12. The molecule has 4 rings (SSSR count). The molecule has 1 saturated carbocycles. The highest BCUT2D eigenvalue weighted by Gasteiger charge is 2.33. The molecule has 1 amide bonds. The van der Waals surface area contributed by atoms with Gasteiger partial charge in [-0.3, -0.25) is 4.79 Å². The van der Waals surface area contributed by atoms with Gasteiger partial charge in [0.2, 0.25) is 5.91 Å². The number of rotatable bonds is 7. The molecular weight excluding hydrogens is 425 g/mol. The molecule has 1 aliphatic carbocycles. The predicted octanol–water partition coefficient (Wildman–Crippen LogP) is 3.83. The summed E-state index contributed by atoms with van der Waals surface area (Å²) in [4.78, 5) is 24.9. The largest absolute Gasteiger partial charge is 0.573 e. The second kappa shape index (κ2) is 8.84. The lowest BCUT2D eigenvalue weighted by Crippen LogP contribution is -2.45. The first-order chi connectivity index (χ1) is 15.2. The average Bonchev–Trinajstić information content (AvgIpc) is 2.70. The lowest BCUT2D eigenvalue weighted by Gasteiger charge is -2.36. The van der Waals surface area contributed by atoms with E-state index in [0.717, 1.165) is 36.6 Å². The third kappa shape index (κ3) is 5.05. The number of carbonyl (C=O) groups excluding carboxylic acids is 1. The summed E-state index contributed by atoms with van der Waals surface area (Å²) in [5, 5.41) is 0. The van der Waals surface area contributed by atoms with E-state index in [4.69, 9.17) is 9.72 Å². The molecule has 2 aliphatic rings. The Bertz CT molecular complexity index is 962. The molecule has 0 saturated heterocycles. The van der Waals surface area contributed by atoms with Crippen LogP contribution in [0.3, 0.4) is 0 Å². The molecule has 1 fully saturated rings. The number of nitrogens with zero attached hydrogens (tertiary/aromatic N) is 4. The van der Waals surface area contributed by atoms with Crippen LogP contribution in [-0.2, 0) is 11.2 Å². The van der Waals surface area contributed by atoms with Gasteiger partial charge in [-0.05, 0) is 55.9 Å². The fourth-order valence-corrected chi connectivity index (χ4v) is 4.20. The Morgan fingerprint density at radius 2 is 1.81 bits per heavy atom. The van der Waals surface area contributed by atoms with Gasteiger partial charge in [-0.25, -0.2) is 9.97 Å². The topological polar surface area (TPSA) is 67.8 Å². The Morgan fingerprint density at radius 3 is 2.47 bits per heavy atom. The third-order valence-electron chi connectivity index (χ3n) is 5.79. The van der Waals surface area contributed by atoms with Crippen molar-refractivity contribution in [2.45, 2.75) is 32.5 Å². The number of hydrogen-bond acceptors (Lipinski definition) is 6. The quantitative estimate of drug-likeness (QED) is 0.639. The van der Waals surface area contributed by atoms with Crippen molar-refractivity contribution in [2.75, 3.05) is 36.5 Å². The van der Waals surface area contributed by atoms with Gasteiger partial charge < -0.3 is 19.3 Å². The van der Waals surface area contributed by atoms with Gasteiger partial charge in [0, 0.05) is 20.0 Å². The summed E-state index contributed by atoms with van der Waals surface area (Å²) in [5.74, 6) is 2.69. The van der Waals surface area contributed by atoms with E-state index in [0.29, 0.717) is 37.3 Å². The minimum atomic E-state index is -4.70. The Balaban J connectivity index is 1.25. The van der Waals surface area contributed by atoms with Crippen molar-refractivity contribution in [3.8, 4) is 11.5 Å². The van der Waals surface area contributed by atoms with Crippen molar-refractivity contribution in [3.05, 3.63) is 36.3 Å². The van der Waals surface area contributed by atoms with Crippen molar-refractivity contribution in [3.63, 3.8) is 0 Å². The number of amides is 1. The summed E-state index contributed by atoms with van der Waals surface area (Å²) in [6, 6.07) is 5.42. The Labute approximate surface area is 184 Å². The van der Waals surface area contributed by atoms with Gasteiger partial charge in [-0.2, -0.15) is 0 Å². The Hall–Kier alpha value is -3.04. The lowest BCUT2D eigenvalue weighted by molar-refractivity contribution is -0.274. The summed E-state index contributed by atoms with van der Waals surface area (Å²) in [6.07, 6.45) is -0.245. The van der Waals surface area contributed by atoms with Crippen LogP contribution in [0.2, 0.25) is 0 Å². The normalized spacial score (nSPS) is 20.6. The highest BCUT2D eigenvalue weighted by atomic mass is 19.4. The summed E-state index contributed by atoms with van der Waals surface area (Å²) in [6.45, 7) is 3.34. The number of anilines is 2. The highest BCUT2D eigenvalue weighted by molar-refractivity contribution is 6.01. The molecule has 7 nitrogen and oxygen atoms in total. The number of carbonyl (C=O) groups is 1. The van der Waals surface area contributed by atoms with Crippen LogP contribution >= 0.6 is 0 Å². The second-order valence-electron chi connectivity index (χ2n) is 8.23. The first-order valence-corrected chi connectivity index (χ1v) is 10.6. The van der Waals surface area contributed by atoms with Crippen molar-refractivity contribution < 1.29 is 27.4 Å². The fraction of sp³-hybridized carbons (Fsp3) is 0.500. The number of fused-ring (bicyclic) bond motifs is 1. The Morgan fingerprint density at radius 1 is 1.12 bits per heavy atom. The number of hydrogen-bond donors (Lipinski definition) is 0. The maximum Gasteiger partial charge on any atom is 0.573 e. The zero-order valence-electron chi connectivity index (χ0n) is 17.9. The van der Waals surface area contributed by atoms with Gasteiger partial charge in [-0.1, -0.05) is 0 Å². The van der Waals surface area contributed by atoms with E-state index < -0.39 is 6.36 Å². The molecule has 2 aromatic rings. The van der Waals surface area contributed by atoms with Crippen LogP contribution in [0.15, 0.2) is 30.5 Å². The molecule has 0 unspecified atom stereocenters. The minimum absolute atomic E-state index is 0.0446. The number of benzene rings is 1. The van der Waals surface area contributed by atoms with Crippen molar-refractivity contribution in [1.29, 1.82) is 0 Å². The predicted molar refractivity (Wildman–Crippen MR) is 112 cm³/mol. The van der Waals surface area contributed by atoms with Crippen LogP contribution in [0.25, 0.3) is 0 Å². The van der Waals surface area contributed by atoms with E-state index in [9.17, 15) is 18.0 Å². The first-order valence-electron chi connectivity index (χ1n) is 10.6. The zero-order valence-corrected chi connectivity index (χ0v) is 17.9. The summed E-state index contributed by atoms with van der Waals surface area (Å²) in [7, 11) is 1.86. The number of likely N-dealkylation sites (N-methyl/N-ethyl adjacent to an activating group) is 2. The standard InChI is InChI=1S/C22H25F3N4O3/c1-3-29-18-11-26-19(27-21(18)28(2)12-20(29)30)10-14-8-15(9-14)13-31-16-4-6-17(7-5-16)32-22(23,24)25/h4-7,11,14-15H,3,8-10,12-13H2,1-2H3. The summed E-state index contributed by atoms with van der Waals surface area (Å²) in [5.41, 5.74) is 0.751. The first kappa shape index (κ1) is 22.2. The van der Waals surface area contributed by atoms with Crippen molar-refractivity contribution >= 4 is 17.4 Å². The highest BCUT2D eigenvalue weighted by Crippen LogP contribution is 2.37. The minimum Gasteiger partial charge on any atom is -0.493 e. The van der Waals surface area contributed by atoms with Crippen LogP contribution in [-0.4, -0.2) is 49.0 Å². The van der Waals surface area contributed by atoms with E-state index in [1.807, 2.05) is 18.9 Å². The molecule has 0 atom stereocenters. The van der Waals surface area contributed by atoms with E-state index in [2.05, 4.69) is 9.72 Å². The van der Waals surface area contributed by atoms with Gasteiger partial charge in [0.05, 0.1) is 19.3 Å². The maximum atomic E-state index is 12.2. The number of aromatic nitrogens is 2. The molecule has 1 aromatic heterocycles. The number of ether oxygens (including phenoxy) is 2. The maximum absolute atomic E-state index is 12.2. The van der Waals surface area contributed by atoms with Gasteiger partial charge in [-0.15, -0.1) is 13.2 Å². The third-order valence-corrected chi connectivity index (χ3v) is 5.79. The van der Waals surface area contributed by atoms with Crippen LogP contribution < -0.4 is 19.3 Å². The van der Waals surface area contributed by atoms with E-state index >= 15 is 0 Å². The van der Waals surface area contributed by atoms with Crippen LogP contribution in [0, 0.1) is 11.8 Å². The van der Waals surface area contributed by atoms with E-state index in [-0.39, 0.29) is 11.7 Å². The molecule has 1 aliphatic heterocycles. The molecular formula is C22H25F3N4O3. The number of halogens is 3. The van der Waals surface area contributed by atoms with Crippen LogP contribution in [0.1, 0.15) is 25.6 Å². The smallest absolute Gasteiger partial charge is 0.493 e. The SMILES string of the molecule is CCN1C(=O)CN(C)c2nc(CC3CC(COc4ccc(OC(F)(F)F)cc4)C3)ncc21. The summed E-state index contributed by atoms with van der Waals surface area (Å²) >= 11 is 0. The molecule has 0 radical (unpaired) electrons. The van der Waals surface area contributed by atoms with Crippen molar-refractivity contribution in [1.82, 2.24) is 9.97 Å². The van der Waals surface area contributed by atoms with Crippen LogP contribution in [0.5, 0.6) is 11.5 Å². The summed E-state index contributed by atoms with van der Waals surface area (Å²) < 4.78 is 46.2. The molecule has 0 bridgehead atoms. The van der Waals surface area contributed by atoms with Crippen LogP contribution in [0.4, 0.5) is 24.7 Å². The van der Waals surface area contributed by atoms with Gasteiger partial charge in [0.25, 0.3) is 0 Å². The average molecular weight is 450 g/mol. The molecule has 10 heteroatoms. The zero-order chi connectivity index (χ0) is 22.9. The molecule has 0 N–H and O–H groups in total.